The van der Waals surface area contributed by atoms with E-state index in [1.165, 1.54) is 28.2 Å². The van der Waals surface area contributed by atoms with Gasteiger partial charge in [-0.25, -0.2) is 0 Å². The molecule has 5 rings (SSSR count). The third-order valence-corrected chi connectivity index (χ3v) is 7.66. The number of aromatic nitrogens is 2. The topological polar surface area (TPSA) is 36.3 Å². The number of nitrogens with one attached hydrogen (secondary N) is 1. The van der Waals surface area contributed by atoms with Gasteiger partial charge in [0.2, 0.25) is 0 Å². The van der Waals surface area contributed by atoms with Crippen LogP contribution >= 0.6 is 12.2 Å². The first-order valence-corrected chi connectivity index (χ1v) is 13.2. The van der Waals surface area contributed by atoms with E-state index in [-0.39, 0.29) is 12.1 Å². The number of anilines is 2. The van der Waals surface area contributed by atoms with Crippen LogP contribution in [0.25, 0.3) is 5.69 Å². The molecule has 1 N–H and O–H groups in total. The Hall–Kier alpha value is -3.64. The van der Waals surface area contributed by atoms with E-state index in [1.807, 2.05) is 18.3 Å². The highest BCUT2D eigenvalue weighted by atomic mass is 32.1. The van der Waals surface area contributed by atoms with Gasteiger partial charge in [0.15, 0.2) is 5.11 Å². The Morgan fingerprint density at radius 1 is 0.919 bits per heavy atom. The molecule has 37 heavy (non-hydrogen) atoms. The van der Waals surface area contributed by atoms with Gasteiger partial charge in [0.25, 0.3) is 0 Å². The summed E-state index contributed by atoms with van der Waals surface area (Å²) in [6.45, 7) is 8.82. The van der Waals surface area contributed by atoms with Gasteiger partial charge >= 0.3 is 0 Å². The Labute approximate surface area is 225 Å². The van der Waals surface area contributed by atoms with Crippen molar-refractivity contribution in [3.05, 3.63) is 107 Å². The molecule has 0 unspecified atom stereocenters. The number of hydrogen-bond donors (Lipinski definition) is 1. The molecular formula is C31H35N5S. The van der Waals surface area contributed by atoms with Crippen molar-refractivity contribution in [3.63, 3.8) is 0 Å². The highest BCUT2D eigenvalue weighted by Crippen LogP contribution is 2.44. The summed E-state index contributed by atoms with van der Waals surface area (Å²) >= 11 is 5.95. The second-order valence-corrected chi connectivity index (χ2v) is 10.7. The minimum Gasteiger partial charge on any atom is -0.378 e. The van der Waals surface area contributed by atoms with E-state index in [9.17, 15) is 0 Å². The maximum atomic E-state index is 5.95. The molecule has 190 valence electrons. The maximum Gasteiger partial charge on any atom is 0.174 e. The molecule has 4 aromatic rings. The van der Waals surface area contributed by atoms with Crippen LogP contribution in [0.5, 0.6) is 0 Å². The van der Waals surface area contributed by atoms with E-state index < -0.39 is 0 Å². The lowest BCUT2D eigenvalue weighted by Crippen LogP contribution is -2.29. The Morgan fingerprint density at radius 3 is 2.19 bits per heavy atom. The van der Waals surface area contributed by atoms with Gasteiger partial charge in [0.1, 0.15) is 0 Å². The highest BCUT2D eigenvalue weighted by Gasteiger charge is 2.42. The Balaban J connectivity index is 1.62. The van der Waals surface area contributed by atoms with E-state index in [2.05, 4.69) is 122 Å². The third-order valence-electron chi connectivity index (χ3n) is 7.35. The number of aryl methyl sites for hydroxylation is 1. The van der Waals surface area contributed by atoms with Gasteiger partial charge in [-0.1, -0.05) is 32.0 Å². The molecule has 0 bridgehead atoms. The average molecular weight is 510 g/mol. The summed E-state index contributed by atoms with van der Waals surface area (Å²) in [5, 5.41) is 4.32. The fraction of sp³-hybridized carbons (Fsp3) is 0.290. The van der Waals surface area contributed by atoms with Crippen molar-refractivity contribution in [2.24, 2.45) is 0 Å². The molecule has 1 aliphatic heterocycles. The van der Waals surface area contributed by atoms with Gasteiger partial charge in [0, 0.05) is 48.7 Å². The van der Waals surface area contributed by atoms with Crippen molar-refractivity contribution < 1.29 is 0 Å². The van der Waals surface area contributed by atoms with Gasteiger partial charge in [-0.3, -0.25) is 4.98 Å². The number of thiocarbonyl (C=S) groups is 1. The molecule has 0 saturated carbocycles. The molecule has 2 aromatic heterocycles. The second-order valence-electron chi connectivity index (χ2n) is 10.3. The van der Waals surface area contributed by atoms with E-state index in [0.29, 0.717) is 5.92 Å². The van der Waals surface area contributed by atoms with Crippen molar-refractivity contribution >= 4 is 28.7 Å². The quantitative estimate of drug-likeness (QED) is 0.288. The summed E-state index contributed by atoms with van der Waals surface area (Å²) in [6.07, 6.45) is 1.85. The summed E-state index contributed by atoms with van der Waals surface area (Å²) in [6, 6.07) is 25.8. The lowest BCUT2D eigenvalue weighted by atomic mass is 9.96. The fourth-order valence-corrected chi connectivity index (χ4v) is 5.70. The van der Waals surface area contributed by atoms with Crippen LogP contribution in [0.15, 0.2) is 79.0 Å². The molecule has 5 nitrogen and oxygen atoms in total. The van der Waals surface area contributed by atoms with Gasteiger partial charge in [-0.2, -0.15) is 0 Å². The standard InChI is InChI=1S/C31H35N5S/c1-20(2)23-10-12-26(13-11-23)36-30(29(33-31(36)37)28-9-7-8-18-32-28)27-19-21(3)35(22(27)4)25-16-14-24(15-17-25)34(5)6/h7-20,29-30H,1-6H3,(H,33,37)/t29-,30+/m1/s1. The van der Waals surface area contributed by atoms with Crippen molar-refractivity contribution in [2.45, 2.75) is 45.7 Å². The van der Waals surface area contributed by atoms with E-state index in [1.54, 1.807) is 0 Å². The van der Waals surface area contributed by atoms with Gasteiger partial charge in [0.05, 0.1) is 17.8 Å². The smallest absolute Gasteiger partial charge is 0.174 e. The molecule has 2 aromatic carbocycles. The Morgan fingerprint density at radius 2 is 1.59 bits per heavy atom. The molecule has 0 radical (unpaired) electrons. The summed E-state index contributed by atoms with van der Waals surface area (Å²) in [5.41, 5.74) is 9.37. The minimum atomic E-state index is -0.0662. The zero-order chi connectivity index (χ0) is 26.3. The SMILES string of the molecule is Cc1cc([C@H]2[C@@H](c3ccccn3)NC(=S)N2c2ccc(C(C)C)cc2)c(C)n1-c1ccc(N(C)C)cc1. The molecule has 2 atom stereocenters. The lowest BCUT2D eigenvalue weighted by molar-refractivity contribution is 0.565. The van der Waals surface area contributed by atoms with Crippen LogP contribution in [0.2, 0.25) is 0 Å². The summed E-state index contributed by atoms with van der Waals surface area (Å²) in [5.74, 6) is 0.479. The van der Waals surface area contributed by atoms with Crippen LogP contribution in [-0.2, 0) is 0 Å². The van der Waals surface area contributed by atoms with Crippen LogP contribution in [0.4, 0.5) is 11.4 Å². The third kappa shape index (κ3) is 4.62. The van der Waals surface area contributed by atoms with Crippen molar-refractivity contribution in [1.82, 2.24) is 14.9 Å². The molecule has 0 aliphatic carbocycles. The van der Waals surface area contributed by atoms with Crippen molar-refractivity contribution in [3.8, 4) is 5.69 Å². The molecule has 1 saturated heterocycles. The number of rotatable bonds is 6. The molecule has 0 amide bonds. The van der Waals surface area contributed by atoms with Gasteiger partial charge in [-0.05, 0) is 97.7 Å². The largest absolute Gasteiger partial charge is 0.378 e. The van der Waals surface area contributed by atoms with Crippen LogP contribution in [-0.4, -0.2) is 28.8 Å². The van der Waals surface area contributed by atoms with Crippen molar-refractivity contribution in [2.75, 3.05) is 23.9 Å². The fourth-order valence-electron chi connectivity index (χ4n) is 5.35. The molecule has 3 heterocycles. The van der Waals surface area contributed by atoms with Crippen LogP contribution < -0.4 is 15.1 Å². The first kappa shape index (κ1) is 25.0. The second kappa shape index (κ2) is 10.0. The van der Waals surface area contributed by atoms with Gasteiger partial charge < -0.3 is 19.7 Å². The Bertz CT molecular complexity index is 1390. The van der Waals surface area contributed by atoms with E-state index in [4.69, 9.17) is 17.2 Å². The summed E-state index contributed by atoms with van der Waals surface area (Å²) < 4.78 is 2.34. The highest BCUT2D eigenvalue weighted by molar-refractivity contribution is 7.80. The number of pyridine rings is 1. The predicted octanol–water partition coefficient (Wildman–Crippen LogP) is 6.86. The zero-order valence-electron chi connectivity index (χ0n) is 22.4. The molecule has 1 aliphatic rings. The first-order chi connectivity index (χ1) is 17.8. The predicted molar refractivity (Wildman–Crippen MR) is 158 cm³/mol. The van der Waals surface area contributed by atoms with Crippen LogP contribution in [0.3, 0.4) is 0 Å². The minimum absolute atomic E-state index is 0.0340. The number of nitrogens with zero attached hydrogens (tertiary/aromatic N) is 4. The zero-order valence-corrected chi connectivity index (χ0v) is 23.3. The molecular weight excluding hydrogens is 474 g/mol. The Kier molecular flexibility index (Phi) is 6.78. The molecule has 6 heteroatoms. The van der Waals surface area contributed by atoms with Crippen LogP contribution in [0.1, 0.15) is 60.1 Å². The number of hydrogen-bond acceptors (Lipinski definition) is 3. The normalized spacial score (nSPS) is 17.4. The summed E-state index contributed by atoms with van der Waals surface area (Å²) in [4.78, 5) is 9.10. The monoisotopic (exact) mass is 509 g/mol. The molecule has 0 spiro atoms. The van der Waals surface area contributed by atoms with Gasteiger partial charge in [-0.15, -0.1) is 0 Å². The maximum absolute atomic E-state index is 5.95. The van der Waals surface area contributed by atoms with E-state index >= 15 is 0 Å². The number of benzene rings is 2. The first-order valence-electron chi connectivity index (χ1n) is 12.8. The molecule has 1 fully saturated rings. The lowest BCUT2D eigenvalue weighted by Gasteiger charge is -2.28. The summed E-state index contributed by atoms with van der Waals surface area (Å²) in [7, 11) is 4.13. The van der Waals surface area contributed by atoms with Crippen LogP contribution in [0, 0.1) is 13.8 Å². The van der Waals surface area contributed by atoms with Crippen molar-refractivity contribution in [1.29, 1.82) is 0 Å². The average Bonchev–Trinajstić information content (AvgIpc) is 3.39. The van der Waals surface area contributed by atoms with E-state index in [0.717, 1.165) is 22.2 Å².